The van der Waals surface area contributed by atoms with Gasteiger partial charge in [-0.1, -0.05) is 0 Å². The molecule has 0 radical (unpaired) electrons. The van der Waals surface area contributed by atoms with E-state index in [0.29, 0.717) is 24.3 Å². The Morgan fingerprint density at radius 1 is 1.71 bits per heavy atom. The van der Waals surface area contributed by atoms with E-state index in [9.17, 15) is 4.79 Å². The number of nitrogens with zero attached hydrogens (tertiary/aromatic N) is 2. The van der Waals surface area contributed by atoms with Gasteiger partial charge in [0.05, 0.1) is 11.3 Å². The highest BCUT2D eigenvalue weighted by molar-refractivity contribution is 5.99. The van der Waals surface area contributed by atoms with Crippen LogP contribution in [0.25, 0.3) is 0 Å². The van der Waals surface area contributed by atoms with E-state index in [-0.39, 0.29) is 18.4 Å². The van der Waals surface area contributed by atoms with Crippen molar-refractivity contribution in [1.82, 2.24) is 9.88 Å². The monoisotopic (exact) mass is 236 g/mol. The van der Waals surface area contributed by atoms with Crippen LogP contribution in [0.5, 0.6) is 0 Å². The molecule has 92 valence electrons. The fraction of sp³-hybridized carbons (Fsp3) is 0.455. The molecule has 1 atom stereocenters. The molecule has 1 fully saturated rings. The molecular formula is C11H16N4O2. The maximum atomic E-state index is 12.2. The van der Waals surface area contributed by atoms with Crippen molar-refractivity contribution in [3.63, 3.8) is 0 Å². The SMILES string of the molecule is NNc1ccncc1C(=O)N1CCC(CO)C1. The average molecular weight is 236 g/mol. The Morgan fingerprint density at radius 3 is 3.18 bits per heavy atom. The quantitative estimate of drug-likeness (QED) is 0.500. The number of nitrogen functional groups attached to an aromatic ring is 1. The summed E-state index contributed by atoms with van der Waals surface area (Å²) in [4.78, 5) is 17.9. The van der Waals surface area contributed by atoms with Crippen molar-refractivity contribution >= 4 is 11.6 Å². The Hall–Kier alpha value is -1.66. The summed E-state index contributed by atoms with van der Waals surface area (Å²) in [6.45, 7) is 1.38. The van der Waals surface area contributed by atoms with Gasteiger partial charge >= 0.3 is 0 Å². The van der Waals surface area contributed by atoms with Gasteiger partial charge in [0.1, 0.15) is 0 Å². The molecule has 4 N–H and O–H groups in total. The second-order valence-corrected chi connectivity index (χ2v) is 4.15. The molecule has 1 aliphatic heterocycles. The van der Waals surface area contributed by atoms with Crippen molar-refractivity contribution in [3.05, 3.63) is 24.0 Å². The predicted molar refractivity (Wildman–Crippen MR) is 63.1 cm³/mol. The summed E-state index contributed by atoms with van der Waals surface area (Å²) in [7, 11) is 0. The predicted octanol–water partition coefficient (Wildman–Crippen LogP) is -0.178. The Morgan fingerprint density at radius 2 is 2.53 bits per heavy atom. The molecule has 0 saturated carbocycles. The van der Waals surface area contributed by atoms with E-state index in [2.05, 4.69) is 10.4 Å². The third-order valence-corrected chi connectivity index (χ3v) is 3.04. The van der Waals surface area contributed by atoms with Gasteiger partial charge in [-0.3, -0.25) is 15.6 Å². The van der Waals surface area contributed by atoms with Gasteiger partial charge in [0.15, 0.2) is 0 Å². The van der Waals surface area contributed by atoms with Crippen molar-refractivity contribution in [2.45, 2.75) is 6.42 Å². The number of likely N-dealkylation sites (tertiary alicyclic amines) is 1. The van der Waals surface area contributed by atoms with Crippen LogP contribution in [-0.4, -0.2) is 40.6 Å². The van der Waals surface area contributed by atoms with E-state index in [1.165, 1.54) is 6.20 Å². The molecule has 17 heavy (non-hydrogen) atoms. The molecule has 1 unspecified atom stereocenters. The maximum absolute atomic E-state index is 12.2. The van der Waals surface area contributed by atoms with Gasteiger partial charge < -0.3 is 15.4 Å². The zero-order chi connectivity index (χ0) is 12.3. The molecule has 1 saturated heterocycles. The molecule has 0 spiro atoms. The first-order chi connectivity index (χ1) is 8.26. The van der Waals surface area contributed by atoms with Crippen LogP contribution in [0.15, 0.2) is 18.5 Å². The van der Waals surface area contributed by atoms with Gasteiger partial charge in [0, 0.05) is 38.0 Å². The first-order valence-corrected chi connectivity index (χ1v) is 5.57. The minimum Gasteiger partial charge on any atom is -0.396 e. The van der Waals surface area contributed by atoms with Gasteiger partial charge in [-0.25, -0.2) is 0 Å². The Kier molecular flexibility index (Phi) is 3.55. The highest BCUT2D eigenvalue weighted by Crippen LogP contribution is 2.21. The van der Waals surface area contributed by atoms with E-state index >= 15 is 0 Å². The lowest BCUT2D eigenvalue weighted by Crippen LogP contribution is -2.30. The fourth-order valence-electron chi connectivity index (χ4n) is 2.03. The highest BCUT2D eigenvalue weighted by Gasteiger charge is 2.27. The van der Waals surface area contributed by atoms with Crippen LogP contribution in [0.4, 0.5) is 5.69 Å². The number of aliphatic hydroxyl groups is 1. The minimum atomic E-state index is -0.0954. The molecule has 2 rings (SSSR count). The van der Waals surface area contributed by atoms with Gasteiger partial charge in [-0.05, 0) is 12.5 Å². The number of hydrogen-bond acceptors (Lipinski definition) is 5. The molecule has 1 aliphatic rings. The average Bonchev–Trinajstić information content (AvgIpc) is 2.86. The standard InChI is InChI=1S/C11H16N4O2/c12-14-10-1-3-13-5-9(10)11(17)15-4-2-8(6-15)7-16/h1,3,5,8,16H,2,4,6-7,12H2,(H,13,14). The second-order valence-electron chi connectivity index (χ2n) is 4.15. The van der Waals surface area contributed by atoms with E-state index in [1.807, 2.05) is 0 Å². The van der Waals surface area contributed by atoms with Crippen molar-refractivity contribution in [2.24, 2.45) is 11.8 Å². The Balaban J connectivity index is 2.15. The summed E-state index contributed by atoms with van der Waals surface area (Å²) in [5.74, 6) is 5.44. The zero-order valence-electron chi connectivity index (χ0n) is 9.47. The summed E-state index contributed by atoms with van der Waals surface area (Å²) in [6, 6.07) is 1.66. The number of aromatic nitrogens is 1. The number of rotatable bonds is 3. The van der Waals surface area contributed by atoms with Gasteiger partial charge in [-0.2, -0.15) is 0 Å². The number of hydrogen-bond donors (Lipinski definition) is 3. The van der Waals surface area contributed by atoms with Crippen molar-refractivity contribution in [2.75, 3.05) is 25.1 Å². The lowest BCUT2D eigenvalue weighted by Gasteiger charge is -2.17. The van der Waals surface area contributed by atoms with E-state index in [1.54, 1.807) is 17.2 Å². The molecule has 6 nitrogen and oxygen atoms in total. The number of aliphatic hydroxyl groups excluding tert-OH is 1. The van der Waals surface area contributed by atoms with Crippen LogP contribution in [0, 0.1) is 5.92 Å². The first kappa shape index (κ1) is 11.8. The number of nitrogens with two attached hydrogens (primary N) is 1. The normalized spacial score (nSPS) is 19.4. The van der Waals surface area contributed by atoms with Gasteiger partial charge in [-0.15, -0.1) is 0 Å². The van der Waals surface area contributed by atoms with Gasteiger partial charge in [0.2, 0.25) is 0 Å². The smallest absolute Gasteiger partial charge is 0.257 e. The van der Waals surface area contributed by atoms with E-state index in [0.717, 1.165) is 6.42 Å². The largest absolute Gasteiger partial charge is 0.396 e. The zero-order valence-corrected chi connectivity index (χ0v) is 9.47. The summed E-state index contributed by atoms with van der Waals surface area (Å²) < 4.78 is 0. The van der Waals surface area contributed by atoms with Crippen LogP contribution >= 0.6 is 0 Å². The molecule has 0 aliphatic carbocycles. The first-order valence-electron chi connectivity index (χ1n) is 5.57. The number of amides is 1. The Labute approximate surface area is 99.4 Å². The lowest BCUT2D eigenvalue weighted by atomic mass is 10.1. The topological polar surface area (TPSA) is 91.5 Å². The molecule has 1 amide bonds. The number of carbonyl (C=O) groups excluding carboxylic acids is 1. The molecule has 0 bridgehead atoms. The number of pyridine rings is 1. The number of carbonyl (C=O) groups is 1. The number of hydrazine groups is 1. The molecule has 6 heteroatoms. The number of anilines is 1. The van der Waals surface area contributed by atoms with Crippen molar-refractivity contribution < 1.29 is 9.90 Å². The maximum Gasteiger partial charge on any atom is 0.257 e. The summed E-state index contributed by atoms with van der Waals surface area (Å²) in [5, 5.41) is 9.05. The molecule has 1 aromatic heterocycles. The summed E-state index contributed by atoms with van der Waals surface area (Å²) in [5.41, 5.74) is 3.52. The van der Waals surface area contributed by atoms with Gasteiger partial charge in [0.25, 0.3) is 5.91 Å². The van der Waals surface area contributed by atoms with Crippen molar-refractivity contribution in [1.29, 1.82) is 0 Å². The molecule has 1 aromatic rings. The van der Waals surface area contributed by atoms with Crippen molar-refractivity contribution in [3.8, 4) is 0 Å². The third-order valence-electron chi connectivity index (χ3n) is 3.04. The summed E-state index contributed by atoms with van der Waals surface area (Å²) >= 11 is 0. The van der Waals surface area contributed by atoms with E-state index in [4.69, 9.17) is 10.9 Å². The molecule has 0 aromatic carbocycles. The van der Waals surface area contributed by atoms with E-state index < -0.39 is 0 Å². The second kappa shape index (κ2) is 5.11. The van der Waals surface area contributed by atoms with Crippen LogP contribution in [0.3, 0.4) is 0 Å². The minimum absolute atomic E-state index is 0.0954. The highest BCUT2D eigenvalue weighted by atomic mass is 16.3. The summed E-state index contributed by atoms with van der Waals surface area (Å²) in [6.07, 6.45) is 3.92. The lowest BCUT2D eigenvalue weighted by molar-refractivity contribution is 0.0782. The Bertz CT molecular complexity index is 410. The molecular weight excluding hydrogens is 220 g/mol. The van der Waals surface area contributed by atoms with Crippen LogP contribution in [-0.2, 0) is 0 Å². The van der Waals surface area contributed by atoms with Crippen LogP contribution in [0.2, 0.25) is 0 Å². The van der Waals surface area contributed by atoms with Crippen LogP contribution < -0.4 is 11.3 Å². The fourth-order valence-corrected chi connectivity index (χ4v) is 2.03. The third kappa shape index (κ3) is 2.37. The molecule has 2 heterocycles. The van der Waals surface area contributed by atoms with Crippen LogP contribution in [0.1, 0.15) is 16.8 Å². The number of nitrogens with one attached hydrogen (secondary N) is 1.